The second kappa shape index (κ2) is 16.8. The predicted octanol–water partition coefficient (Wildman–Crippen LogP) is 2.60. The maximum Gasteiger partial charge on any atom is 0.0723 e. The maximum absolute atomic E-state index is 11.0. The van der Waals surface area contributed by atoms with Gasteiger partial charge in [-0.3, -0.25) is 0 Å². The molecule has 0 saturated carbocycles. The molecule has 35 heavy (non-hydrogen) atoms. The molecule has 0 aromatic carbocycles. The molecule has 0 spiro atoms. The van der Waals surface area contributed by atoms with Gasteiger partial charge < -0.3 is 35.4 Å². The van der Waals surface area contributed by atoms with Crippen LogP contribution in [0.25, 0.3) is 0 Å². The number of hydrogen-bond donors (Lipinski definition) is 6. The normalized spacial score (nSPS) is 20.1. The van der Waals surface area contributed by atoms with Gasteiger partial charge in [-0.25, -0.2) is 0 Å². The van der Waals surface area contributed by atoms with E-state index in [0.717, 1.165) is 0 Å². The summed E-state index contributed by atoms with van der Waals surface area (Å²) in [4.78, 5) is 0. The van der Waals surface area contributed by atoms with Crippen LogP contribution in [-0.4, -0.2) is 80.5 Å². The molecule has 7 nitrogen and oxygen atoms in total. The van der Waals surface area contributed by atoms with Crippen molar-refractivity contribution in [1.29, 1.82) is 0 Å². The summed E-state index contributed by atoms with van der Waals surface area (Å²) in [7, 11) is 0. The van der Waals surface area contributed by atoms with Gasteiger partial charge in [0.05, 0.1) is 60.7 Å². The Morgan fingerprint density at radius 2 is 0.600 bits per heavy atom. The van der Waals surface area contributed by atoms with Crippen LogP contribution in [0.4, 0.5) is 0 Å². The highest BCUT2D eigenvalue weighted by Crippen LogP contribution is 2.41. The van der Waals surface area contributed by atoms with Crippen molar-refractivity contribution in [3.8, 4) is 0 Å². The first-order valence-corrected chi connectivity index (χ1v) is 11.9. The monoisotopic (exact) mass is 494 g/mol. The van der Waals surface area contributed by atoms with Gasteiger partial charge in [-0.1, -0.05) is 36.5 Å². The number of aliphatic hydroxyl groups excluding tert-OH is 6. The van der Waals surface area contributed by atoms with Gasteiger partial charge >= 0.3 is 0 Å². The fourth-order valence-electron chi connectivity index (χ4n) is 4.58. The van der Waals surface area contributed by atoms with Crippen molar-refractivity contribution in [2.24, 2.45) is 10.8 Å². The minimum Gasteiger partial charge on any atom is -0.392 e. The molecule has 0 amide bonds. The molecule has 0 aliphatic rings. The van der Waals surface area contributed by atoms with Crippen LogP contribution in [0.1, 0.15) is 38.5 Å². The lowest BCUT2D eigenvalue weighted by molar-refractivity contribution is -0.204. The highest BCUT2D eigenvalue weighted by Gasteiger charge is 2.52. The van der Waals surface area contributed by atoms with Gasteiger partial charge in [0, 0.05) is 0 Å². The molecule has 0 bridgehead atoms. The lowest BCUT2D eigenvalue weighted by atomic mass is 9.68. The average Bonchev–Trinajstić information content (AvgIpc) is 2.80. The van der Waals surface area contributed by atoms with Gasteiger partial charge in [-0.05, 0) is 38.5 Å². The Morgan fingerprint density at radius 3 is 0.743 bits per heavy atom. The molecule has 6 unspecified atom stereocenters. The first kappa shape index (κ1) is 33.2. The molecular formula is C28H46O7. The SMILES string of the molecule is C=CCC(O)C(COCC(C(O)CC=C)(C(O)CC=C)C(O)CC=C)(C(O)CC=C)C(O)CC=C. The van der Waals surface area contributed by atoms with Crippen molar-refractivity contribution in [2.75, 3.05) is 13.2 Å². The summed E-state index contributed by atoms with van der Waals surface area (Å²) in [6, 6.07) is 0. The third kappa shape index (κ3) is 8.08. The highest BCUT2D eigenvalue weighted by molar-refractivity contribution is 5.06. The van der Waals surface area contributed by atoms with Crippen molar-refractivity contribution in [3.05, 3.63) is 75.9 Å². The van der Waals surface area contributed by atoms with Crippen molar-refractivity contribution in [1.82, 2.24) is 0 Å². The summed E-state index contributed by atoms with van der Waals surface area (Å²) in [5.41, 5.74) is -3.14. The molecule has 0 radical (unpaired) electrons. The number of rotatable bonds is 22. The van der Waals surface area contributed by atoms with E-state index < -0.39 is 47.5 Å². The quantitative estimate of drug-likeness (QED) is 0.128. The Labute approximate surface area is 210 Å². The van der Waals surface area contributed by atoms with Crippen LogP contribution in [0.3, 0.4) is 0 Å². The van der Waals surface area contributed by atoms with Gasteiger partial charge in [0.2, 0.25) is 0 Å². The smallest absolute Gasteiger partial charge is 0.0723 e. The van der Waals surface area contributed by atoms with Gasteiger partial charge in [0.1, 0.15) is 0 Å². The number of hydrogen-bond acceptors (Lipinski definition) is 7. The fourth-order valence-corrected chi connectivity index (χ4v) is 4.58. The van der Waals surface area contributed by atoms with Crippen molar-refractivity contribution in [2.45, 2.75) is 75.1 Å². The molecule has 0 aromatic rings. The van der Waals surface area contributed by atoms with Gasteiger partial charge in [0.25, 0.3) is 0 Å². The zero-order valence-corrected chi connectivity index (χ0v) is 20.9. The van der Waals surface area contributed by atoms with E-state index in [0.29, 0.717) is 0 Å². The van der Waals surface area contributed by atoms with Gasteiger partial charge in [0.15, 0.2) is 0 Å². The van der Waals surface area contributed by atoms with E-state index in [1.165, 1.54) is 36.5 Å². The van der Waals surface area contributed by atoms with Crippen LogP contribution in [0.5, 0.6) is 0 Å². The molecule has 0 saturated heterocycles. The van der Waals surface area contributed by atoms with E-state index in [1.54, 1.807) is 0 Å². The van der Waals surface area contributed by atoms with Crippen molar-refractivity contribution in [3.63, 3.8) is 0 Å². The first-order valence-electron chi connectivity index (χ1n) is 11.9. The summed E-state index contributed by atoms with van der Waals surface area (Å²) in [6.45, 7) is 21.2. The third-order valence-electron chi connectivity index (χ3n) is 6.77. The van der Waals surface area contributed by atoms with E-state index in [-0.39, 0.29) is 51.7 Å². The predicted molar refractivity (Wildman–Crippen MR) is 141 cm³/mol. The minimum atomic E-state index is -1.57. The number of ether oxygens (including phenoxy) is 1. The second-order valence-electron chi connectivity index (χ2n) is 8.96. The van der Waals surface area contributed by atoms with E-state index >= 15 is 0 Å². The molecule has 200 valence electrons. The van der Waals surface area contributed by atoms with E-state index in [1.807, 2.05) is 0 Å². The Bertz CT molecular complexity index is 537. The highest BCUT2D eigenvalue weighted by atomic mass is 16.5. The molecule has 0 aliphatic heterocycles. The molecular weight excluding hydrogens is 448 g/mol. The third-order valence-corrected chi connectivity index (χ3v) is 6.77. The summed E-state index contributed by atoms with van der Waals surface area (Å²) in [5.74, 6) is 0. The van der Waals surface area contributed by atoms with E-state index in [9.17, 15) is 30.6 Å². The Kier molecular flexibility index (Phi) is 15.9. The Balaban J connectivity index is 6.49. The number of aliphatic hydroxyl groups is 6. The van der Waals surface area contributed by atoms with Crippen LogP contribution < -0.4 is 0 Å². The lowest BCUT2D eigenvalue weighted by Gasteiger charge is -2.47. The van der Waals surface area contributed by atoms with Crippen LogP contribution in [0.2, 0.25) is 0 Å². The fraction of sp³-hybridized carbons (Fsp3) is 0.571. The largest absolute Gasteiger partial charge is 0.392 e. The summed E-state index contributed by atoms with van der Waals surface area (Å²) < 4.78 is 6.00. The molecule has 6 atom stereocenters. The Hall–Kier alpha value is -1.84. The van der Waals surface area contributed by atoms with Crippen molar-refractivity contribution >= 4 is 0 Å². The molecule has 7 heteroatoms. The zero-order chi connectivity index (χ0) is 27.1. The van der Waals surface area contributed by atoms with Crippen LogP contribution >= 0.6 is 0 Å². The first-order chi connectivity index (χ1) is 16.6. The van der Waals surface area contributed by atoms with Crippen LogP contribution in [0, 0.1) is 10.8 Å². The van der Waals surface area contributed by atoms with Crippen molar-refractivity contribution < 1.29 is 35.4 Å². The minimum absolute atomic E-state index is 0.0637. The summed E-state index contributed by atoms with van der Waals surface area (Å²) in [5, 5.41) is 66.2. The topological polar surface area (TPSA) is 131 Å². The summed E-state index contributed by atoms with van der Waals surface area (Å²) in [6.07, 6.45) is 1.77. The zero-order valence-electron chi connectivity index (χ0n) is 20.9. The average molecular weight is 495 g/mol. The van der Waals surface area contributed by atoms with Gasteiger partial charge in [-0.2, -0.15) is 0 Å². The molecule has 0 rings (SSSR count). The van der Waals surface area contributed by atoms with Crippen LogP contribution in [0.15, 0.2) is 75.9 Å². The standard InChI is InChI=1S/C28H46O7/c1-7-13-21(29)27(22(30)14-8-2,23(31)15-9-3)19-35-20-28(24(32)16-10-4,25(33)17-11-5)26(34)18-12-6/h7-12,21-26,29-34H,1-6,13-20H2. The second-order valence-corrected chi connectivity index (χ2v) is 8.96. The Morgan fingerprint density at radius 1 is 0.429 bits per heavy atom. The van der Waals surface area contributed by atoms with Gasteiger partial charge in [-0.15, -0.1) is 39.5 Å². The van der Waals surface area contributed by atoms with E-state index in [4.69, 9.17) is 4.74 Å². The lowest BCUT2D eigenvalue weighted by Crippen LogP contribution is -2.59. The summed E-state index contributed by atoms with van der Waals surface area (Å²) >= 11 is 0. The maximum atomic E-state index is 11.0. The molecule has 0 aromatic heterocycles. The molecule has 0 fully saturated rings. The van der Waals surface area contributed by atoms with Crippen LogP contribution in [-0.2, 0) is 4.74 Å². The molecule has 6 N–H and O–H groups in total. The van der Waals surface area contributed by atoms with E-state index in [2.05, 4.69) is 39.5 Å². The molecule has 0 aliphatic carbocycles. The molecule has 0 heterocycles.